The zero-order chi connectivity index (χ0) is 15.0. The molecule has 0 aromatic rings. The molecule has 1 fully saturated rings. The van der Waals surface area contributed by atoms with Crippen molar-refractivity contribution in [1.29, 1.82) is 0 Å². The van der Waals surface area contributed by atoms with Crippen LogP contribution in [0.1, 0.15) is 46.0 Å². The van der Waals surface area contributed by atoms with Crippen LogP contribution in [-0.2, 0) is 14.9 Å². The van der Waals surface area contributed by atoms with Crippen molar-refractivity contribution < 1.29 is 13.2 Å². The lowest BCUT2D eigenvalue weighted by atomic mass is 9.94. The van der Waals surface area contributed by atoms with Crippen molar-refractivity contribution in [2.45, 2.75) is 58.1 Å². The minimum Gasteiger partial charge on any atom is -0.378 e. The lowest BCUT2D eigenvalue weighted by Gasteiger charge is -2.26. The summed E-state index contributed by atoms with van der Waals surface area (Å²) in [5, 5.41) is 0. The summed E-state index contributed by atoms with van der Waals surface area (Å²) in [5.41, 5.74) is 5.83. The number of rotatable bonds is 9. The summed E-state index contributed by atoms with van der Waals surface area (Å²) in [5.74, 6) is 0.299. The first kappa shape index (κ1) is 17.8. The molecular weight excluding hydrogens is 278 g/mol. The van der Waals surface area contributed by atoms with Crippen LogP contribution in [0.3, 0.4) is 0 Å². The Balaban J connectivity index is 2.04. The van der Waals surface area contributed by atoms with Crippen molar-refractivity contribution in [2.75, 3.05) is 19.7 Å². The number of ether oxygens (including phenoxy) is 1. The maximum atomic E-state index is 11.6. The van der Waals surface area contributed by atoms with Gasteiger partial charge in [0.25, 0.3) is 10.2 Å². The summed E-state index contributed by atoms with van der Waals surface area (Å²) in [6, 6.07) is 0.327. The largest absolute Gasteiger partial charge is 0.378 e. The molecule has 120 valence electrons. The molecule has 0 aromatic carbocycles. The molecule has 0 amide bonds. The Labute approximate surface area is 123 Å². The third-order valence-corrected chi connectivity index (χ3v) is 4.50. The van der Waals surface area contributed by atoms with Crippen LogP contribution in [0, 0.1) is 5.92 Å². The van der Waals surface area contributed by atoms with Gasteiger partial charge in [0.05, 0.1) is 6.10 Å². The van der Waals surface area contributed by atoms with E-state index >= 15 is 0 Å². The molecule has 0 saturated heterocycles. The fourth-order valence-electron chi connectivity index (χ4n) is 2.11. The summed E-state index contributed by atoms with van der Waals surface area (Å²) < 4.78 is 33.9. The average molecular weight is 307 g/mol. The third kappa shape index (κ3) is 8.16. The molecule has 0 radical (unpaired) electrons. The molecule has 1 saturated carbocycles. The Morgan fingerprint density at radius 1 is 1.20 bits per heavy atom. The molecule has 6 nitrogen and oxygen atoms in total. The molecule has 0 aliphatic heterocycles. The van der Waals surface area contributed by atoms with E-state index in [1.165, 1.54) is 0 Å². The molecule has 0 heterocycles. The maximum Gasteiger partial charge on any atom is 0.276 e. The Kier molecular flexibility index (Phi) is 7.98. The van der Waals surface area contributed by atoms with Crippen molar-refractivity contribution >= 4 is 10.2 Å². The van der Waals surface area contributed by atoms with Crippen molar-refractivity contribution in [3.05, 3.63) is 0 Å². The molecule has 1 aliphatic rings. The van der Waals surface area contributed by atoms with Gasteiger partial charge in [-0.15, -0.1) is 0 Å². The van der Waals surface area contributed by atoms with E-state index in [4.69, 9.17) is 10.5 Å². The van der Waals surface area contributed by atoms with Crippen LogP contribution in [-0.4, -0.2) is 40.3 Å². The van der Waals surface area contributed by atoms with Gasteiger partial charge in [-0.25, -0.2) is 9.44 Å². The maximum absolute atomic E-state index is 11.6. The molecule has 0 unspecified atom stereocenters. The minimum atomic E-state index is -3.36. The van der Waals surface area contributed by atoms with Gasteiger partial charge in [0, 0.05) is 25.7 Å². The fourth-order valence-corrected chi connectivity index (χ4v) is 3.18. The normalized spacial score (nSPS) is 24.2. The van der Waals surface area contributed by atoms with E-state index in [1.807, 2.05) is 13.8 Å². The number of nitrogens with two attached hydrogens (primary N) is 1. The average Bonchev–Trinajstić information content (AvgIpc) is 2.38. The van der Waals surface area contributed by atoms with Crippen LogP contribution in [0.4, 0.5) is 0 Å². The first-order chi connectivity index (χ1) is 9.39. The molecule has 0 spiro atoms. The topological polar surface area (TPSA) is 93.5 Å². The van der Waals surface area contributed by atoms with Crippen LogP contribution >= 0.6 is 0 Å². The van der Waals surface area contributed by atoms with Gasteiger partial charge in [-0.1, -0.05) is 13.8 Å². The Morgan fingerprint density at radius 2 is 1.85 bits per heavy atom. The highest BCUT2D eigenvalue weighted by molar-refractivity contribution is 7.87. The summed E-state index contributed by atoms with van der Waals surface area (Å²) in [6.45, 7) is 5.37. The van der Waals surface area contributed by atoms with Crippen molar-refractivity contribution in [2.24, 2.45) is 11.7 Å². The molecule has 7 heteroatoms. The predicted octanol–water partition coefficient (Wildman–Crippen LogP) is 0.743. The first-order valence-corrected chi connectivity index (χ1v) is 8.99. The molecule has 1 aliphatic carbocycles. The van der Waals surface area contributed by atoms with Gasteiger partial charge >= 0.3 is 0 Å². The van der Waals surface area contributed by atoms with Crippen LogP contribution in [0.5, 0.6) is 0 Å². The van der Waals surface area contributed by atoms with E-state index in [1.54, 1.807) is 0 Å². The zero-order valence-corrected chi connectivity index (χ0v) is 13.4. The second-order valence-corrected chi connectivity index (χ2v) is 7.49. The molecule has 1 rings (SSSR count). The first-order valence-electron chi connectivity index (χ1n) is 7.50. The highest BCUT2D eigenvalue weighted by Gasteiger charge is 2.18. The van der Waals surface area contributed by atoms with E-state index in [2.05, 4.69) is 9.44 Å². The Bertz CT molecular complexity index is 352. The molecule has 20 heavy (non-hydrogen) atoms. The second-order valence-electron chi connectivity index (χ2n) is 5.90. The van der Waals surface area contributed by atoms with Gasteiger partial charge in [0.2, 0.25) is 0 Å². The Hall–Kier alpha value is -0.210. The number of nitrogens with one attached hydrogen (secondary N) is 2. The second kappa shape index (κ2) is 8.94. The summed E-state index contributed by atoms with van der Waals surface area (Å²) in [7, 11) is -3.36. The SMILES string of the molecule is CC(C)CNS(=O)(=O)NCCCOC1CCC(N)CC1. The lowest BCUT2D eigenvalue weighted by molar-refractivity contribution is 0.0245. The lowest BCUT2D eigenvalue weighted by Crippen LogP contribution is -2.39. The molecular formula is C13H29N3O3S. The molecule has 0 aromatic heterocycles. The van der Waals surface area contributed by atoms with Gasteiger partial charge in [0.1, 0.15) is 0 Å². The molecule has 0 atom stereocenters. The summed E-state index contributed by atoms with van der Waals surface area (Å²) >= 11 is 0. The van der Waals surface area contributed by atoms with Crippen molar-refractivity contribution in [1.82, 2.24) is 9.44 Å². The number of hydrogen-bond acceptors (Lipinski definition) is 4. The molecule has 0 bridgehead atoms. The highest BCUT2D eigenvalue weighted by atomic mass is 32.2. The monoisotopic (exact) mass is 307 g/mol. The van der Waals surface area contributed by atoms with E-state index in [0.29, 0.717) is 44.2 Å². The summed E-state index contributed by atoms with van der Waals surface area (Å²) in [6.07, 6.45) is 5.06. The number of hydrogen-bond donors (Lipinski definition) is 3. The van der Waals surface area contributed by atoms with E-state index < -0.39 is 10.2 Å². The van der Waals surface area contributed by atoms with E-state index in [9.17, 15) is 8.42 Å². The van der Waals surface area contributed by atoms with Crippen molar-refractivity contribution in [3.63, 3.8) is 0 Å². The van der Waals surface area contributed by atoms with Gasteiger partial charge in [0.15, 0.2) is 0 Å². The predicted molar refractivity (Wildman–Crippen MR) is 80.6 cm³/mol. The van der Waals surface area contributed by atoms with E-state index in [-0.39, 0.29) is 0 Å². The van der Waals surface area contributed by atoms with E-state index in [0.717, 1.165) is 25.7 Å². The fraction of sp³-hybridized carbons (Fsp3) is 1.00. The van der Waals surface area contributed by atoms with Crippen LogP contribution < -0.4 is 15.2 Å². The standard InChI is InChI=1S/C13H29N3O3S/c1-11(2)10-16-20(17,18)15-8-3-9-19-13-6-4-12(14)5-7-13/h11-13,15-16H,3-10,14H2,1-2H3. The smallest absolute Gasteiger partial charge is 0.276 e. The van der Waals surface area contributed by atoms with Crippen LogP contribution in [0.25, 0.3) is 0 Å². The highest BCUT2D eigenvalue weighted by Crippen LogP contribution is 2.19. The third-order valence-electron chi connectivity index (χ3n) is 3.37. The van der Waals surface area contributed by atoms with Gasteiger partial charge < -0.3 is 10.5 Å². The zero-order valence-electron chi connectivity index (χ0n) is 12.6. The van der Waals surface area contributed by atoms with Crippen LogP contribution in [0.15, 0.2) is 0 Å². The summed E-state index contributed by atoms with van der Waals surface area (Å²) in [4.78, 5) is 0. The van der Waals surface area contributed by atoms with Crippen molar-refractivity contribution in [3.8, 4) is 0 Å². The van der Waals surface area contributed by atoms with Crippen LogP contribution in [0.2, 0.25) is 0 Å². The molecule has 4 N–H and O–H groups in total. The Morgan fingerprint density at radius 3 is 2.45 bits per heavy atom. The van der Waals surface area contributed by atoms with Gasteiger partial charge in [-0.2, -0.15) is 8.42 Å². The van der Waals surface area contributed by atoms with Gasteiger partial charge in [-0.05, 0) is 38.0 Å². The van der Waals surface area contributed by atoms with Gasteiger partial charge in [-0.3, -0.25) is 0 Å². The minimum absolute atomic E-state index is 0.297. The quantitative estimate of drug-likeness (QED) is 0.548.